The largest absolute Gasteiger partial charge is 0.455 e. The number of anilines is 3. The topological polar surface area (TPSA) is 21.3 Å². The smallest absolute Gasteiger partial charge is 0.143 e. The summed E-state index contributed by atoms with van der Waals surface area (Å²) in [5, 5.41) is 9.53. The van der Waals surface area contributed by atoms with E-state index in [2.05, 4.69) is 198 Å². The number of para-hydroxylation sites is 4. The predicted molar refractivity (Wildman–Crippen MR) is 223 cm³/mol. The van der Waals surface area contributed by atoms with Gasteiger partial charge in [-0.1, -0.05) is 121 Å². The Hall–Kier alpha value is -7.10. The second-order valence-corrected chi connectivity index (χ2v) is 13.7. The average molecular weight is 677 g/mol. The van der Waals surface area contributed by atoms with E-state index in [-0.39, 0.29) is 0 Å². The van der Waals surface area contributed by atoms with E-state index >= 15 is 0 Å². The van der Waals surface area contributed by atoms with Crippen LogP contribution in [0.2, 0.25) is 0 Å². The van der Waals surface area contributed by atoms with Crippen LogP contribution < -0.4 is 4.90 Å². The van der Waals surface area contributed by atoms with E-state index in [0.29, 0.717) is 0 Å². The number of furan rings is 1. The molecule has 0 saturated carbocycles. The molecule has 0 unspecified atom stereocenters. The third kappa shape index (κ3) is 4.68. The minimum absolute atomic E-state index is 0.918. The van der Waals surface area contributed by atoms with E-state index in [9.17, 15) is 0 Å². The molecule has 53 heavy (non-hydrogen) atoms. The van der Waals surface area contributed by atoms with Gasteiger partial charge in [-0.2, -0.15) is 0 Å². The van der Waals surface area contributed by atoms with Crippen LogP contribution in [0.5, 0.6) is 0 Å². The van der Waals surface area contributed by atoms with Gasteiger partial charge in [-0.3, -0.25) is 0 Å². The lowest BCUT2D eigenvalue weighted by Crippen LogP contribution is -2.09. The van der Waals surface area contributed by atoms with Crippen LogP contribution in [0.15, 0.2) is 199 Å². The molecule has 2 aromatic heterocycles. The Morgan fingerprint density at radius 2 is 0.925 bits per heavy atom. The molecule has 248 valence electrons. The van der Waals surface area contributed by atoms with Crippen LogP contribution in [0.4, 0.5) is 17.1 Å². The third-order valence-electron chi connectivity index (χ3n) is 10.8. The molecule has 0 N–H and O–H groups in total. The maximum Gasteiger partial charge on any atom is 0.143 e. The number of hydrogen-bond donors (Lipinski definition) is 0. The van der Waals surface area contributed by atoms with Gasteiger partial charge in [-0.25, -0.2) is 0 Å². The zero-order valence-corrected chi connectivity index (χ0v) is 28.8. The number of fused-ring (bicyclic) bond motifs is 10. The summed E-state index contributed by atoms with van der Waals surface area (Å²) in [7, 11) is 0. The van der Waals surface area contributed by atoms with Gasteiger partial charge in [-0.05, 0) is 100 Å². The van der Waals surface area contributed by atoms with Crippen LogP contribution in [0.25, 0.3) is 82.1 Å². The lowest BCUT2D eigenvalue weighted by molar-refractivity contribution is 0.673. The fourth-order valence-electron chi connectivity index (χ4n) is 8.29. The lowest BCUT2D eigenvalue weighted by atomic mass is 9.98. The molecule has 0 aliphatic carbocycles. The summed E-state index contributed by atoms with van der Waals surface area (Å²) in [5.41, 5.74) is 11.1. The Morgan fingerprint density at radius 3 is 1.66 bits per heavy atom. The highest BCUT2D eigenvalue weighted by Crippen LogP contribution is 2.41. The second-order valence-electron chi connectivity index (χ2n) is 13.7. The third-order valence-corrected chi connectivity index (χ3v) is 10.8. The van der Waals surface area contributed by atoms with E-state index < -0.39 is 0 Å². The molecule has 0 saturated heterocycles. The van der Waals surface area contributed by atoms with E-state index in [1.807, 2.05) is 6.07 Å². The number of aromatic nitrogens is 1. The first-order chi connectivity index (χ1) is 26.3. The van der Waals surface area contributed by atoms with Crippen molar-refractivity contribution in [1.82, 2.24) is 4.57 Å². The molecule has 0 spiro atoms. The van der Waals surface area contributed by atoms with E-state index in [4.69, 9.17) is 4.42 Å². The van der Waals surface area contributed by atoms with Crippen molar-refractivity contribution in [2.24, 2.45) is 0 Å². The minimum atomic E-state index is 0.918. The van der Waals surface area contributed by atoms with E-state index in [0.717, 1.165) is 50.1 Å². The first-order valence-corrected chi connectivity index (χ1v) is 18.1. The highest BCUT2D eigenvalue weighted by molar-refractivity contribution is 6.23. The van der Waals surface area contributed by atoms with Gasteiger partial charge in [-0.15, -0.1) is 0 Å². The maximum absolute atomic E-state index is 6.49. The fourth-order valence-corrected chi connectivity index (χ4v) is 8.29. The van der Waals surface area contributed by atoms with Crippen LogP contribution in [-0.2, 0) is 0 Å². The maximum atomic E-state index is 6.49. The van der Waals surface area contributed by atoms with Crippen LogP contribution in [0.3, 0.4) is 0 Å². The first-order valence-electron chi connectivity index (χ1n) is 18.1. The van der Waals surface area contributed by atoms with Crippen molar-refractivity contribution in [2.45, 2.75) is 0 Å². The molecule has 0 bridgehead atoms. The lowest BCUT2D eigenvalue weighted by Gasteiger charge is -2.26. The van der Waals surface area contributed by atoms with Crippen molar-refractivity contribution in [1.29, 1.82) is 0 Å². The van der Waals surface area contributed by atoms with Gasteiger partial charge in [0.25, 0.3) is 0 Å². The van der Waals surface area contributed by atoms with Crippen molar-refractivity contribution >= 4 is 82.4 Å². The molecule has 9 aromatic carbocycles. The van der Waals surface area contributed by atoms with Gasteiger partial charge < -0.3 is 13.9 Å². The monoisotopic (exact) mass is 676 g/mol. The molecule has 0 aliphatic heterocycles. The van der Waals surface area contributed by atoms with Gasteiger partial charge in [0.2, 0.25) is 0 Å². The first kappa shape index (κ1) is 29.6. The van der Waals surface area contributed by atoms with Gasteiger partial charge in [0.05, 0.1) is 11.0 Å². The molecule has 0 radical (unpaired) electrons. The summed E-state index contributed by atoms with van der Waals surface area (Å²) in [6.45, 7) is 0. The zero-order chi connectivity index (χ0) is 34.9. The molecular formula is C50H32N2O. The summed E-state index contributed by atoms with van der Waals surface area (Å²) in [4.78, 5) is 2.33. The SMILES string of the molecule is c1ccc(N(c2ccc(-c3ccc(-n4c5ccccc5c5ccccc54)cc3)cc2)c2ccc3c(ccc4ccc5c6ccccc6oc5c43)c2)cc1. The zero-order valence-electron chi connectivity index (χ0n) is 28.8. The highest BCUT2D eigenvalue weighted by Gasteiger charge is 2.17. The van der Waals surface area contributed by atoms with Crippen molar-refractivity contribution in [3.05, 3.63) is 194 Å². The Morgan fingerprint density at radius 1 is 0.377 bits per heavy atom. The number of hydrogen-bond acceptors (Lipinski definition) is 2. The van der Waals surface area contributed by atoms with E-state index in [1.165, 1.54) is 49.1 Å². The molecule has 0 fully saturated rings. The average Bonchev–Trinajstić information content (AvgIpc) is 3.78. The van der Waals surface area contributed by atoms with Crippen molar-refractivity contribution < 1.29 is 4.42 Å². The normalized spacial score (nSPS) is 11.8. The number of rotatable bonds is 5. The summed E-state index contributed by atoms with van der Waals surface area (Å²) in [6, 6.07) is 69.7. The molecular weight excluding hydrogens is 645 g/mol. The van der Waals surface area contributed by atoms with Gasteiger partial charge in [0.15, 0.2) is 0 Å². The summed E-state index contributed by atoms with van der Waals surface area (Å²) in [5.74, 6) is 0. The fraction of sp³-hybridized carbons (Fsp3) is 0. The Kier molecular flexibility index (Phi) is 6.55. The Labute approximate surface area is 306 Å². The Bertz CT molecular complexity index is 3100. The van der Waals surface area contributed by atoms with Crippen molar-refractivity contribution in [3.63, 3.8) is 0 Å². The molecule has 11 aromatic rings. The molecule has 0 aliphatic rings. The second kappa shape index (κ2) is 11.7. The molecule has 3 heteroatoms. The van der Waals surface area contributed by atoms with E-state index in [1.54, 1.807) is 0 Å². The number of benzene rings is 9. The van der Waals surface area contributed by atoms with Crippen LogP contribution in [0.1, 0.15) is 0 Å². The van der Waals surface area contributed by atoms with Crippen LogP contribution in [0, 0.1) is 0 Å². The molecule has 2 heterocycles. The minimum Gasteiger partial charge on any atom is -0.455 e. The van der Waals surface area contributed by atoms with Crippen LogP contribution >= 0.6 is 0 Å². The molecule has 11 rings (SSSR count). The summed E-state index contributed by atoms with van der Waals surface area (Å²) < 4.78 is 8.85. The van der Waals surface area contributed by atoms with Gasteiger partial charge in [0.1, 0.15) is 11.2 Å². The summed E-state index contributed by atoms with van der Waals surface area (Å²) >= 11 is 0. The highest BCUT2D eigenvalue weighted by atomic mass is 16.3. The summed E-state index contributed by atoms with van der Waals surface area (Å²) in [6.07, 6.45) is 0. The molecule has 0 atom stereocenters. The predicted octanol–water partition coefficient (Wildman–Crippen LogP) is 14.1. The molecule has 0 amide bonds. The quantitative estimate of drug-likeness (QED) is 0.169. The standard InChI is InChI=1S/C50H32N2O/c1-2-10-37(11-3-1)51(40-29-31-41-36(32-40)19-18-35-24-30-45-44-14-6-9-17-48(44)53-50(45)49(35)41)38-25-20-33(21-26-38)34-22-27-39(28-23-34)52-46-15-7-4-12-42(46)43-13-5-8-16-47(43)52/h1-32H. The number of nitrogens with zero attached hydrogens (tertiary/aromatic N) is 2. The van der Waals surface area contributed by atoms with Crippen molar-refractivity contribution in [2.75, 3.05) is 4.90 Å². The van der Waals surface area contributed by atoms with Gasteiger partial charge in [0, 0.05) is 49.7 Å². The molecule has 3 nitrogen and oxygen atoms in total. The van der Waals surface area contributed by atoms with Crippen LogP contribution in [-0.4, -0.2) is 4.57 Å². The van der Waals surface area contributed by atoms with Gasteiger partial charge >= 0.3 is 0 Å². The van der Waals surface area contributed by atoms with Crippen molar-refractivity contribution in [3.8, 4) is 16.8 Å². The Balaban J connectivity index is 0.976.